The Kier molecular flexibility index (Phi) is 3.84. The highest BCUT2D eigenvalue weighted by Gasteiger charge is 2.23. The Morgan fingerprint density at radius 2 is 2.38 bits per heavy atom. The molecule has 2 rings (SSSR count). The van der Waals surface area contributed by atoms with Gasteiger partial charge >= 0.3 is 0 Å². The van der Waals surface area contributed by atoms with Crippen molar-refractivity contribution in [2.45, 2.75) is 17.4 Å². The highest BCUT2D eigenvalue weighted by atomic mass is 32.2. The number of carbonyl (C=O) groups is 1. The molecule has 1 aromatic heterocycles. The minimum atomic E-state index is -0.142. The Balaban J connectivity index is 1.88. The van der Waals surface area contributed by atoms with Crippen LogP contribution in [0.1, 0.15) is 6.92 Å². The van der Waals surface area contributed by atoms with E-state index in [1.54, 1.807) is 6.20 Å². The molecule has 16 heavy (non-hydrogen) atoms. The van der Waals surface area contributed by atoms with E-state index >= 15 is 0 Å². The first kappa shape index (κ1) is 11.5. The van der Waals surface area contributed by atoms with Gasteiger partial charge in [-0.25, -0.2) is 4.98 Å². The third-order valence-electron chi connectivity index (χ3n) is 2.46. The summed E-state index contributed by atoms with van der Waals surface area (Å²) >= 11 is 1.36. The van der Waals surface area contributed by atoms with Crippen molar-refractivity contribution in [3.63, 3.8) is 0 Å². The molecule has 0 spiro atoms. The zero-order chi connectivity index (χ0) is 11.4. The van der Waals surface area contributed by atoms with Crippen LogP contribution in [0.3, 0.4) is 0 Å². The summed E-state index contributed by atoms with van der Waals surface area (Å²) in [4.78, 5) is 17.9. The van der Waals surface area contributed by atoms with E-state index in [1.165, 1.54) is 18.0 Å². The van der Waals surface area contributed by atoms with E-state index in [4.69, 9.17) is 4.42 Å². The summed E-state index contributed by atoms with van der Waals surface area (Å²) < 4.78 is 5.11. The summed E-state index contributed by atoms with van der Waals surface area (Å²) in [7, 11) is 0. The Bertz CT molecular complexity index is 336. The maximum atomic E-state index is 12.0. The van der Waals surface area contributed by atoms with Crippen LogP contribution < -0.4 is 5.32 Å². The summed E-state index contributed by atoms with van der Waals surface area (Å²) in [6.07, 6.45) is 3.11. The number of amides is 1. The molecule has 6 heteroatoms. The van der Waals surface area contributed by atoms with Crippen molar-refractivity contribution in [2.24, 2.45) is 0 Å². The fourth-order valence-electron chi connectivity index (χ4n) is 1.61. The second-order valence-corrected chi connectivity index (χ2v) is 4.93. The topological polar surface area (TPSA) is 58.4 Å². The van der Waals surface area contributed by atoms with Crippen LogP contribution in [0.5, 0.6) is 0 Å². The minimum absolute atomic E-state index is 0.142. The number of nitrogens with one attached hydrogen (secondary N) is 1. The SMILES string of the molecule is CC(Sc1ncco1)C(=O)N1CCNCC1. The molecule has 5 nitrogen and oxygen atoms in total. The zero-order valence-electron chi connectivity index (χ0n) is 9.18. The van der Waals surface area contributed by atoms with Crippen molar-refractivity contribution in [2.75, 3.05) is 26.2 Å². The molecule has 1 unspecified atom stereocenters. The number of piperazine rings is 1. The van der Waals surface area contributed by atoms with Gasteiger partial charge in [0.2, 0.25) is 5.91 Å². The third kappa shape index (κ3) is 2.76. The molecule has 1 saturated heterocycles. The molecule has 1 aromatic rings. The molecule has 1 atom stereocenters. The van der Waals surface area contributed by atoms with Gasteiger partial charge in [0.15, 0.2) is 0 Å². The van der Waals surface area contributed by atoms with Crippen molar-refractivity contribution in [3.8, 4) is 0 Å². The molecule has 0 aromatic carbocycles. The lowest BCUT2D eigenvalue weighted by atomic mass is 10.3. The predicted octanol–water partition coefficient (Wildman–Crippen LogP) is 0.587. The molecular formula is C10H15N3O2S. The Labute approximate surface area is 98.6 Å². The van der Waals surface area contributed by atoms with Crippen molar-refractivity contribution in [1.29, 1.82) is 0 Å². The molecule has 1 aliphatic heterocycles. The fourth-order valence-corrected chi connectivity index (χ4v) is 2.40. The van der Waals surface area contributed by atoms with Crippen LogP contribution in [-0.4, -0.2) is 47.2 Å². The van der Waals surface area contributed by atoms with Crippen molar-refractivity contribution in [3.05, 3.63) is 12.5 Å². The average molecular weight is 241 g/mol. The average Bonchev–Trinajstić information content (AvgIpc) is 2.82. The monoisotopic (exact) mass is 241 g/mol. The largest absolute Gasteiger partial charge is 0.440 e. The maximum Gasteiger partial charge on any atom is 0.256 e. The van der Waals surface area contributed by atoms with E-state index in [-0.39, 0.29) is 11.2 Å². The zero-order valence-corrected chi connectivity index (χ0v) is 10.00. The molecule has 88 valence electrons. The van der Waals surface area contributed by atoms with Crippen molar-refractivity contribution in [1.82, 2.24) is 15.2 Å². The lowest BCUT2D eigenvalue weighted by Crippen LogP contribution is -2.48. The van der Waals surface area contributed by atoms with Crippen molar-refractivity contribution < 1.29 is 9.21 Å². The van der Waals surface area contributed by atoms with Gasteiger partial charge in [-0.05, 0) is 6.92 Å². The second-order valence-electron chi connectivity index (χ2n) is 3.63. The molecule has 1 N–H and O–H groups in total. The van der Waals surface area contributed by atoms with Crippen LogP contribution in [0.25, 0.3) is 0 Å². The van der Waals surface area contributed by atoms with Crippen molar-refractivity contribution >= 4 is 17.7 Å². The van der Waals surface area contributed by atoms with Gasteiger partial charge in [0.1, 0.15) is 6.26 Å². The first-order valence-corrected chi connectivity index (χ1v) is 6.21. The van der Waals surface area contributed by atoms with Gasteiger partial charge < -0.3 is 14.6 Å². The first-order chi connectivity index (χ1) is 7.77. The Morgan fingerprint density at radius 1 is 1.62 bits per heavy atom. The Hall–Kier alpha value is -1.01. The molecular weight excluding hydrogens is 226 g/mol. The predicted molar refractivity (Wildman–Crippen MR) is 61.3 cm³/mol. The van der Waals surface area contributed by atoms with Crippen LogP contribution in [0.4, 0.5) is 0 Å². The fraction of sp³-hybridized carbons (Fsp3) is 0.600. The van der Waals surface area contributed by atoms with Gasteiger partial charge in [-0.2, -0.15) is 0 Å². The summed E-state index contributed by atoms with van der Waals surface area (Å²) in [6, 6.07) is 0. The van der Waals surface area contributed by atoms with Crippen LogP contribution >= 0.6 is 11.8 Å². The number of carbonyl (C=O) groups excluding carboxylic acids is 1. The summed E-state index contributed by atoms with van der Waals surface area (Å²) in [5.41, 5.74) is 0. The van der Waals surface area contributed by atoms with Gasteiger partial charge in [-0.15, -0.1) is 0 Å². The number of thioether (sulfide) groups is 1. The Morgan fingerprint density at radius 3 is 3.00 bits per heavy atom. The molecule has 0 bridgehead atoms. The lowest BCUT2D eigenvalue weighted by Gasteiger charge is -2.29. The van der Waals surface area contributed by atoms with E-state index in [0.717, 1.165) is 26.2 Å². The highest BCUT2D eigenvalue weighted by molar-refractivity contribution is 8.00. The van der Waals surface area contributed by atoms with E-state index < -0.39 is 0 Å². The van der Waals surface area contributed by atoms with Crippen LogP contribution in [0.15, 0.2) is 22.1 Å². The molecule has 1 fully saturated rings. The van der Waals surface area contributed by atoms with Gasteiger partial charge in [0.05, 0.1) is 11.4 Å². The normalized spacial score (nSPS) is 18.4. The third-order valence-corrected chi connectivity index (χ3v) is 3.42. The molecule has 0 aliphatic carbocycles. The van der Waals surface area contributed by atoms with Crippen LogP contribution in [-0.2, 0) is 4.79 Å². The standard InChI is InChI=1S/C10H15N3O2S/c1-8(16-10-12-4-7-15-10)9(14)13-5-2-11-3-6-13/h4,7-8,11H,2-3,5-6H2,1H3. The lowest BCUT2D eigenvalue weighted by molar-refractivity contribution is -0.130. The molecule has 1 amide bonds. The molecule has 0 radical (unpaired) electrons. The van der Waals surface area contributed by atoms with Gasteiger partial charge in [-0.1, -0.05) is 11.8 Å². The number of rotatable bonds is 3. The summed E-state index contributed by atoms with van der Waals surface area (Å²) in [5.74, 6) is 0.157. The molecule has 0 saturated carbocycles. The van der Waals surface area contributed by atoms with Crippen LogP contribution in [0, 0.1) is 0 Å². The number of nitrogens with zero attached hydrogens (tertiary/aromatic N) is 2. The molecule has 1 aliphatic rings. The van der Waals surface area contributed by atoms with Gasteiger partial charge in [-0.3, -0.25) is 4.79 Å². The maximum absolute atomic E-state index is 12.0. The van der Waals surface area contributed by atoms with E-state index in [9.17, 15) is 4.79 Å². The number of oxazole rings is 1. The van der Waals surface area contributed by atoms with E-state index in [0.29, 0.717) is 5.22 Å². The summed E-state index contributed by atoms with van der Waals surface area (Å²) in [6.45, 7) is 5.22. The van der Waals surface area contributed by atoms with Gasteiger partial charge in [0, 0.05) is 26.2 Å². The second kappa shape index (κ2) is 5.36. The van der Waals surface area contributed by atoms with E-state index in [1.807, 2.05) is 11.8 Å². The minimum Gasteiger partial charge on any atom is -0.440 e. The summed E-state index contributed by atoms with van der Waals surface area (Å²) in [5, 5.41) is 3.63. The first-order valence-electron chi connectivity index (χ1n) is 5.33. The highest BCUT2D eigenvalue weighted by Crippen LogP contribution is 2.22. The quantitative estimate of drug-likeness (QED) is 0.785. The van der Waals surface area contributed by atoms with Crippen LogP contribution in [0.2, 0.25) is 0 Å². The molecule has 2 heterocycles. The number of aromatic nitrogens is 1. The number of hydrogen-bond acceptors (Lipinski definition) is 5. The van der Waals surface area contributed by atoms with E-state index in [2.05, 4.69) is 10.3 Å². The smallest absolute Gasteiger partial charge is 0.256 e. The van der Waals surface area contributed by atoms with Gasteiger partial charge in [0.25, 0.3) is 5.22 Å². The number of hydrogen-bond donors (Lipinski definition) is 1.